The zero-order valence-electron chi connectivity index (χ0n) is 15.5. The van der Waals surface area contributed by atoms with Crippen molar-refractivity contribution in [1.82, 2.24) is 19.7 Å². The van der Waals surface area contributed by atoms with Crippen molar-refractivity contribution in [2.45, 2.75) is 49.3 Å². The summed E-state index contributed by atoms with van der Waals surface area (Å²) in [6.07, 6.45) is 5.34. The van der Waals surface area contributed by atoms with Gasteiger partial charge < -0.3 is 9.47 Å². The Hall–Kier alpha value is -1.64. The highest BCUT2D eigenvalue weighted by Gasteiger charge is 2.32. The number of hydrogen-bond donors (Lipinski definition) is 0. The van der Waals surface area contributed by atoms with Crippen LogP contribution in [-0.4, -0.2) is 37.9 Å². The van der Waals surface area contributed by atoms with Gasteiger partial charge >= 0.3 is 0 Å². The van der Waals surface area contributed by atoms with Gasteiger partial charge in [-0.15, -0.1) is 32.9 Å². The van der Waals surface area contributed by atoms with Crippen LogP contribution < -0.4 is 0 Å². The van der Waals surface area contributed by atoms with E-state index in [0.29, 0.717) is 11.8 Å². The van der Waals surface area contributed by atoms with Gasteiger partial charge in [0.2, 0.25) is 5.91 Å². The largest absolute Gasteiger partial charge is 0.334 e. The Bertz CT molecular complexity index is 931. The van der Waals surface area contributed by atoms with E-state index in [1.54, 1.807) is 34.4 Å². The first-order valence-corrected chi connectivity index (χ1v) is 12.5. The number of thioether (sulfide) groups is 1. The van der Waals surface area contributed by atoms with E-state index in [1.807, 2.05) is 0 Å². The lowest BCUT2D eigenvalue weighted by atomic mass is 10.2. The summed E-state index contributed by atoms with van der Waals surface area (Å²) in [5, 5.41) is 14.0. The normalized spacial score (nSPS) is 19.4. The third kappa shape index (κ3) is 3.77. The third-order valence-corrected chi connectivity index (χ3v) is 8.11. The highest BCUT2D eigenvalue weighted by atomic mass is 32.2. The standard InChI is InChI=1S/C20H22N4OS3/c25-19(23-9-1-5-16(23)17-6-3-11-27-17)13-28-20-22-21-18(24(20)14-7-8-14)12-15-4-2-10-26-15/h2-4,6,10-11,14,16H,1,5,7-9,12-13H2. The lowest BCUT2D eigenvalue weighted by Gasteiger charge is -2.23. The van der Waals surface area contributed by atoms with Gasteiger partial charge in [0.05, 0.1) is 11.8 Å². The molecule has 1 aliphatic heterocycles. The van der Waals surface area contributed by atoms with Crippen molar-refractivity contribution in [3.05, 3.63) is 50.6 Å². The van der Waals surface area contributed by atoms with Crippen molar-refractivity contribution in [3.8, 4) is 0 Å². The Balaban J connectivity index is 1.27. The van der Waals surface area contributed by atoms with E-state index < -0.39 is 0 Å². The van der Waals surface area contributed by atoms with Crippen molar-refractivity contribution < 1.29 is 4.79 Å². The summed E-state index contributed by atoms with van der Waals surface area (Å²) >= 11 is 5.05. The van der Waals surface area contributed by atoms with Crippen LogP contribution in [0.3, 0.4) is 0 Å². The minimum atomic E-state index is 0.214. The van der Waals surface area contributed by atoms with Crippen LogP contribution in [0.2, 0.25) is 0 Å². The third-order valence-electron chi connectivity index (χ3n) is 5.33. The van der Waals surface area contributed by atoms with E-state index in [1.165, 1.54) is 22.6 Å². The highest BCUT2D eigenvalue weighted by Crippen LogP contribution is 2.40. The molecule has 2 fully saturated rings. The fourth-order valence-corrected chi connectivity index (χ4v) is 6.33. The molecule has 3 aromatic rings. The molecule has 8 heteroatoms. The molecule has 1 unspecified atom stereocenters. The molecule has 28 heavy (non-hydrogen) atoms. The molecule has 146 valence electrons. The number of carbonyl (C=O) groups excluding carboxylic acids is 1. The Kier molecular flexibility index (Phi) is 5.26. The van der Waals surface area contributed by atoms with Gasteiger partial charge in [-0.1, -0.05) is 23.9 Å². The molecule has 0 N–H and O–H groups in total. The van der Waals surface area contributed by atoms with Crippen LogP contribution in [0.15, 0.2) is 40.2 Å². The van der Waals surface area contributed by atoms with Crippen LogP contribution >= 0.6 is 34.4 Å². The molecule has 0 radical (unpaired) electrons. The molecule has 0 spiro atoms. The zero-order chi connectivity index (χ0) is 18.9. The first-order valence-electron chi connectivity index (χ1n) is 9.71. The lowest BCUT2D eigenvalue weighted by Crippen LogP contribution is -2.31. The minimum Gasteiger partial charge on any atom is -0.334 e. The summed E-state index contributed by atoms with van der Waals surface area (Å²) in [5.74, 6) is 1.68. The SMILES string of the molecule is O=C(CSc1nnc(Cc2cccs2)n1C1CC1)N1CCCC1c1cccs1. The van der Waals surface area contributed by atoms with Crippen molar-refractivity contribution in [2.75, 3.05) is 12.3 Å². The molecule has 1 aliphatic carbocycles. The summed E-state index contributed by atoms with van der Waals surface area (Å²) in [6, 6.07) is 9.20. The van der Waals surface area contributed by atoms with Crippen LogP contribution in [0.25, 0.3) is 0 Å². The van der Waals surface area contributed by atoms with E-state index in [-0.39, 0.29) is 11.9 Å². The summed E-state index contributed by atoms with van der Waals surface area (Å²) in [4.78, 5) is 17.6. The monoisotopic (exact) mass is 430 g/mol. The smallest absolute Gasteiger partial charge is 0.233 e. The predicted molar refractivity (Wildman–Crippen MR) is 114 cm³/mol. The Morgan fingerprint density at radius 2 is 2.00 bits per heavy atom. The molecule has 1 amide bonds. The van der Waals surface area contributed by atoms with Crippen molar-refractivity contribution >= 4 is 40.3 Å². The molecular weight excluding hydrogens is 408 g/mol. The van der Waals surface area contributed by atoms with Crippen LogP contribution in [0.4, 0.5) is 0 Å². The van der Waals surface area contributed by atoms with Gasteiger partial charge in [-0.2, -0.15) is 0 Å². The number of nitrogens with zero attached hydrogens (tertiary/aromatic N) is 4. The second kappa shape index (κ2) is 8.00. The van der Waals surface area contributed by atoms with Gasteiger partial charge in [0.1, 0.15) is 5.82 Å². The number of likely N-dealkylation sites (tertiary alicyclic amines) is 1. The Morgan fingerprint density at radius 1 is 1.14 bits per heavy atom. The van der Waals surface area contributed by atoms with Crippen LogP contribution in [0.5, 0.6) is 0 Å². The summed E-state index contributed by atoms with van der Waals surface area (Å²) in [6.45, 7) is 0.862. The molecule has 2 aliphatic rings. The maximum atomic E-state index is 12.9. The quantitative estimate of drug-likeness (QED) is 0.506. The van der Waals surface area contributed by atoms with Crippen molar-refractivity contribution in [1.29, 1.82) is 0 Å². The fourth-order valence-electron chi connectivity index (χ4n) is 3.85. The second-order valence-corrected chi connectivity index (χ2v) is 10.3. The fraction of sp³-hybridized carbons (Fsp3) is 0.450. The molecule has 1 saturated carbocycles. The van der Waals surface area contributed by atoms with E-state index in [2.05, 4.69) is 54.7 Å². The number of thiophene rings is 2. The average Bonchev–Trinajstić information content (AvgIpc) is 3.22. The lowest BCUT2D eigenvalue weighted by molar-refractivity contribution is -0.129. The second-order valence-electron chi connectivity index (χ2n) is 7.31. The molecule has 0 aromatic carbocycles. The maximum Gasteiger partial charge on any atom is 0.233 e. The number of hydrogen-bond acceptors (Lipinski definition) is 6. The van der Waals surface area contributed by atoms with E-state index in [4.69, 9.17) is 0 Å². The minimum absolute atomic E-state index is 0.214. The van der Waals surface area contributed by atoms with Gasteiger partial charge in [0.25, 0.3) is 0 Å². The number of amides is 1. The molecule has 1 atom stereocenters. The molecule has 0 bridgehead atoms. The molecule has 5 rings (SSSR count). The first kappa shape index (κ1) is 18.4. The summed E-state index contributed by atoms with van der Waals surface area (Å²) in [7, 11) is 0. The highest BCUT2D eigenvalue weighted by molar-refractivity contribution is 7.99. The predicted octanol–water partition coefficient (Wildman–Crippen LogP) is 4.78. The number of rotatable bonds is 7. The van der Waals surface area contributed by atoms with Crippen molar-refractivity contribution in [2.24, 2.45) is 0 Å². The van der Waals surface area contributed by atoms with Gasteiger partial charge in [-0.3, -0.25) is 4.79 Å². The van der Waals surface area contributed by atoms with E-state index in [9.17, 15) is 4.79 Å². The zero-order valence-corrected chi connectivity index (χ0v) is 17.9. The van der Waals surface area contributed by atoms with Crippen molar-refractivity contribution in [3.63, 3.8) is 0 Å². The molecular formula is C20H22N4OS3. The average molecular weight is 431 g/mol. The van der Waals surface area contributed by atoms with Gasteiger partial charge in [0.15, 0.2) is 5.16 Å². The first-order chi connectivity index (χ1) is 13.8. The molecule has 4 heterocycles. The Morgan fingerprint density at radius 3 is 2.75 bits per heavy atom. The van der Waals surface area contributed by atoms with Gasteiger partial charge in [-0.25, -0.2) is 0 Å². The molecule has 3 aromatic heterocycles. The van der Waals surface area contributed by atoms with Crippen LogP contribution in [-0.2, 0) is 11.2 Å². The molecule has 5 nitrogen and oxygen atoms in total. The number of aromatic nitrogens is 3. The van der Waals surface area contributed by atoms with E-state index in [0.717, 1.165) is 36.8 Å². The Labute approximate surface area is 176 Å². The van der Waals surface area contributed by atoms with Crippen LogP contribution in [0, 0.1) is 0 Å². The van der Waals surface area contributed by atoms with Gasteiger partial charge in [0, 0.05) is 28.8 Å². The van der Waals surface area contributed by atoms with E-state index >= 15 is 0 Å². The van der Waals surface area contributed by atoms with Gasteiger partial charge in [-0.05, 0) is 48.6 Å². The summed E-state index contributed by atoms with van der Waals surface area (Å²) < 4.78 is 2.28. The maximum absolute atomic E-state index is 12.9. The molecule has 1 saturated heterocycles. The summed E-state index contributed by atoms with van der Waals surface area (Å²) in [5.41, 5.74) is 0. The topological polar surface area (TPSA) is 51.0 Å². The number of carbonyl (C=O) groups is 1. The van der Waals surface area contributed by atoms with Crippen LogP contribution in [0.1, 0.15) is 53.3 Å².